The maximum atomic E-state index is 3.20. The Morgan fingerprint density at radius 2 is 1.87 bits per heavy atom. The summed E-state index contributed by atoms with van der Waals surface area (Å²) in [7, 11) is 0. The normalized spacial score (nSPS) is 14.7. The van der Waals surface area contributed by atoms with Crippen LogP contribution in [0.3, 0.4) is 0 Å². The molecule has 0 saturated heterocycles. The molecule has 1 heterocycles. The zero-order chi connectivity index (χ0) is 10.9. The second-order valence-corrected chi connectivity index (χ2v) is 4.06. The summed E-state index contributed by atoms with van der Waals surface area (Å²) in [6, 6.07) is 0. The molecule has 0 aromatic rings. The Labute approximate surface area is 94.0 Å². The van der Waals surface area contributed by atoms with E-state index in [1.54, 1.807) is 0 Å². The van der Waals surface area contributed by atoms with Gasteiger partial charge in [-0.05, 0) is 31.2 Å². The first-order chi connectivity index (χ1) is 7.38. The lowest BCUT2D eigenvalue weighted by molar-refractivity contribution is 0.338. The quantitative estimate of drug-likeness (QED) is 0.692. The number of hydrogen-bond acceptors (Lipinski definition) is 2. The van der Waals surface area contributed by atoms with Gasteiger partial charge in [0.05, 0.1) is 0 Å². The second-order valence-electron chi connectivity index (χ2n) is 4.06. The highest BCUT2D eigenvalue weighted by Gasteiger charge is 2.07. The van der Waals surface area contributed by atoms with Crippen LogP contribution in [0.15, 0.2) is 24.0 Å². The Balaban J connectivity index is 2.46. The summed E-state index contributed by atoms with van der Waals surface area (Å²) in [6.45, 7) is 7.88. The van der Waals surface area contributed by atoms with Crippen LogP contribution in [0.2, 0.25) is 0 Å². The Kier molecular flexibility index (Phi) is 5.98. The molecule has 0 spiro atoms. The predicted molar refractivity (Wildman–Crippen MR) is 66.6 cm³/mol. The van der Waals surface area contributed by atoms with Gasteiger partial charge in [0.2, 0.25) is 0 Å². The lowest BCUT2D eigenvalue weighted by Gasteiger charge is -2.27. The smallest absolute Gasteiger partial charge is 0.0357 e. The molecule has 86 valence electrons. The van der Waals surface area contributed by atoms with E-state index in [2.05, 4.69) is 42.4 Å². The van der Waals surface area contributed by atoms with Crippen molar-refractivity contribution in [1.29, 1.82) is 0 Å². The van der Waals surface area contributed by atoms with Crippen molar-refractivity contribution in [3.63, 3.8) is 0 Å². The Morgan fingerprint density at radius 1 is 1.20 bits per heavy atom. The van der Waals surface area contributed by atoms with Crippen molar-refractivity contribution in [2.24, 2.45) is 0 Å². The average molecular weight is 208 g/mol. The SMILES string of the molecule is CCCCN(CCCC)C1=CCNC=C1. The molecule has 0 aromatic carbocycles. The van der Waals surface area contributed by atoms with Gasteiger partial charge in [-0.25, -0.2) is 0 Å². The second kappa shape index (κ2) is 7.38. The van der Waals surface area contributed by atoms with Crippen LogP contribution in [0.4, 0.5) is 0 Å². The average Bonchev–Trinajstić information content (AvgIpc) is 2.30. The summed E-state index contributed by atoms with van der Waals surface area (Å²) in [5.74, 6) is 0. The molecule has 0 aliphatic carbocycles. The number of hydrogen-bond donors (Lipinski definition) is 1. The Hall–Kier alpha value is -0.920. The van der Waals surface area contributed by atoms with E-state index in [1.807, 2.05) is 0 Å². The van der Waals surface area contributed by atoms with Gasteiger partial charge in [0.1, 0.15) is 0 Å². The molecule has 1 N–H and O–H groups in total. The van der Waals surface area contributed by atoms with Crippen molar-refractivity contribution in [3.05, 3.63) is 24.0 Å². The number of rotatable bonds is 7. The van der Waals surface area contributed by atoms with Crippen LogP contribution in [0, 0.1) is 0 Å². The fourth-order valence-corrected chi connectivity index (χ4v) is 1.75. The Bertz CT molecular complexity index is 211. The van der Waals surface area contributed by atoms with Crippen molar-refractivity contribution in [2.45, 2.75) is 39.5 Å². The van der Waals surface area contributed by atoms with Crippen LogP contribution in [0.1, 0.15) is 39.5 Å². The van der Waals surface area contributed by atoms with Crippen LogP contribution in [-0.4, -0.2) is 24.5 Å². The van der Waals surface area contributed by atoms with Crippen LogP contribution in [0.5, 0.6) is 0 Å². The molecular weight excluding hydrogens is 184 g/mol. The van der Waals surface area contributed by atoms with Crippen LogP contribution in [-0.2, 0) is 0 Å². The highest BCUT2D eigenvalue weighted by molar-refractivity contribution is 5.21. The van der Waals surface area contributed by atoms with Gasteiger partial charge in [-0.2, -0.15) is 0 Å². The lowest BCUT2D eigenvalue weighted by Crippen LogP contribution is -2.27. The molecule has 0 radical (unpaired) electrons. The van der Waals surface area contributed by atoms with E-state index in [0.717, 1.165) is 6.54 Å². The van der Waals surface area contributed by atoms with Gasteiger partial charge in [-0.1, -0.05) is 26.7 Å². The number of allylic oxidation sites excluding steroid dienone is 1. The number of dihydropyridines is 1. The molecule has 1 aliphatic heterocycles. The minimum atomic E-state index is 0.973. The number of unbranched alkanes of at least 4 members (excludes halogenated alkanes) is 2. The molecule has 2 heteroatoms. The zero-order valence-electron chi connectivity index (χ0n) is 10.1. The van der Waals surface area contributed by atoms with E-state index in [-0.39, 0.29) is 0 Å². The van der Waals surface area contributed by atoms with Gasteiger partial charge in [0.25, 0.3) is 0 Å². The van der Waals surface area contributed by atoms with Crippen molar-refractivity contribution >= 4 is 0 Å². The highest BCUT2D eigenvalue weighted by atomic mass is 15.1. The van der Waals surface area contributed by atoms with E-state index in [0.29, 0.717) is 0 Å². The number of nitrogens with one attached hydrogen (secondary N) is 1. The molecule has 0 aromatic heterocycles. The van der Waals surface area contributed by atoms with Crippen molar-refractivity contribution in [2.75, 3.05) is 19.6 Å². The first-order valence-electron chi connectivity index (χ1n) is 6.23. The molecule has 0 fully saturated rings. The third-order valence-corrected chi connectivity index (χ3v) is 2.73. The summed E-state index contributed by atoms with van der Waals surface area (Å²) >= 11 is 0. The zero-order valence-corrected chi connectivity index (χ0v) is 10.1. The Morgan fingerprint density at radius 3 is 2.33 bits per heavy atom. The first-order valence-corrected chi connectivity index (χ1v) is 6.23. The predicted octanol–water partition coefficient (Wildman–Crippen LogP) is 2.89. The highest BCUT2D eigenvalue weighted by Crippen LogP contribution is 2.11. The van der Waals surface area contributed by atoms with Gasteiger partial charge in [0.15, 0.2) is 0 Å². The summed E-state index contributed by atoms with van der Waals surface area (Å²) in [5, 5.41) is 3.20. The fraction of sp³-hybridized carbons (Fsp3) is 0.692. The maximum absolute atomic E-state index is 3.20. The summed E-state index contributed by atoms with van der Waals surface area (Å²) in [4.78, 5) is 2.52. The van der Waals surface area contributed by atoms with E-state index >= 15 is 0 Å². The molecule has 15 heavy (non-hydrogen) atoms. The lowest BCUT2D eigenvalue weighted by atomic mass is 10.2. The molecule has 2 nitrogen and oxygen atoms in total. The summed E-state index contributed by atoms with van der Waals surface area (Å²) in [6.07, 6.45) is 11.7. The van der Waals surface area contributed by atoms with Crippen molar-refractivity contribution in [1.82, 2.24) is 10.2 Å². The summed E-state index contributed by atoms with van der Waals surface area (Å²) < 4.78 is 0. The molecule has 1 rings (SSSR count). The minimum absolute atomic E-state index is 0.973. The molecular formula is C13H24N2. The van der Waals surface area contributed by atoms with Gasteiger partial charge in [-0.3, -0.25) is 0 Å². The fourth-order valence-electron chi connectivity index (χ4n) is 1.75. The molecule has 0 atom stereocenters. The monoisotopic (exact) mass is 208 g/mol. The van der Waals surface area contributed by atoms with Gasteiger partial charge in [-0.15, -0.1) is 0 Å². The molecule has 0 saturated carbocycles. The summed E-state index contributed by atoms with van der Waals surface area (Å²) in [5.41, 5.74) is 1.40. The van der Waals surface area contributed by atoms with Crippen molar-refractivity contribution < 1.29 is 0 Å². The van der Waals surface area contributed by atoms with Gasteiger partial charge in [0, 0.05) is 25.3 Å². The van der Waals surface area contributed by atoms with E-state index < -0.39 is 0 Å². The van der Waals surface area contributed by atoms with E-state index in [9.17, 15) is 0 Å². The van der Waals surface area contributed by atoms with Gasteiger partial charge >= 0.3 is 0 Å². The van der Waals surface area contributed by atoms with E-state index in [4.69, 9.17) is 0 Å². The largest absolute Gasteiger partial charge is 0.387 e. The van der Waals surface area contributed by atoms with E-state index in [1.165, 1.54) is 44.5 Å². The van der Waals surface area contributed by atoms with Crippen molar-refractivity contribution in [3.8, 4) is 0 Å². The van der Waals surface area contributed by atoms with Crippen LogP contribution >= 0.6 is 0 Å². The first kappa shape index (κ1) is 12.2. The third-order valence-electron chi connectivity index (χ3n) is 2.73. The molecule has 0 unspecified atom stereocenters. The molecule has 1 aliphatic rings. The number of nitrogens with zero attached hydrogens (tertiary/aromatic N) is 1. The third kappa shape index (κ3) is 4.41. The molecule has 0 bridgehead atoms. The standard InChI is InChI=1S/C13H24N2/c1-3-5-11-15(12-6-4-2)13-7-9-14-10-8-13/h7-9,14H,3-6,10-12H2,1-2H3. The topological polar surface area (TPSA) is 15.3 Å². The minimum Gasteiger partial charge on any atom is -0.387 e. The molecule has 0 amide bonds. The van der Waals surface area contributed by atoms with Crippen LogP contribution in [0.25, 0.3) is 0 Å². The van der Waals surface area contributed by atoms with Gasteiger partial charge < -0.3 is 10.2 Å². The maximum Gasteiger partial charge on any atom is 0.0357 e. The van der Waals surface area contributed by atoms with Crippen LogP contribution < -0.4 is 5.32 Å².